The smallest absolute Gasteiger partial charge is 0.0352 e. The Morgan fingerprint density at radius 1 is 0.917 bits per heavy atom. The van der Waals surface area contributed by atoms with Crippen molar-refractivity contribution in [3.05, 3.63) is 0 Å². The Kier molecular flexibility index (Phi) is 1.97. The van der Waals surface area contributed by atoms with E-state index in [0.29, 0.717) is 0 Å². The average Bonchev–Trinajstić information content (AvgIpc) is 2.51. The monoisotopic (exact) mass is 166 g/mol. The van der Waals surface area contributed by atoms with E-state index in [1.54, 1.807) is 6.42 Å². The summed E-state index contributed by atoms with van der Waals surface area (Å²) >= 11 is 0. The molecule has 2 saturated carbocycles. The standard InChI is InChI=1S/C12H22/c1-5-10-9(4)11-6-12(10)8(3)7(11)2/h7-12H,5-6H2,1-4H3. The molecule has 2 rings (SSSR count). The van der Waals surface area contributed by atoms with Crippen LogP contribution >= 0.6 is 0 Å². The fraction of sp³-hybridized carbons (Fsp3) is 1.00. The zero-order valence-electron chi connectivity index (χ0n) is 8.88. The molecule has 70 valence electrons. The highest BCUT2D eigenvalue weighted by Gasteiger charge is 2.51. The van der Waals surface area contributed by atoms with E-state index in [0.717, 1.165) is 35.5 Å². The molecule has 6 atom stereocenters. The van der Waals surface area contributed by atoms with Gasteiger partial charge in [0.2, 0.25) is 0 Å². The van der Waals surface area contributed by atoms with Gasteiger partial charge in [0.25, 0.3) is 0 Å². The van der Waals surface area contributed by atoms with E-state index < -0.39 is 0 Å². The molecular formula is C12H22. The van der Waals surface area contributed by atoms with E-state index in [2.05, 4.69) is 27.7 Å². The molecule has 0 heterocycles. The van der Waals surface area contributed by atoms with Crippen molar-refractivity contribution in [3.8, 4) is 0 Å². The number of fused-ring (bicyclic) bond motifs is 2. The van der Waals surface area contributed by atoms with Crippen molar-refractivity contribution in [1.82, 2.24) is 0 Å². The lowest BCUT2D eigenvalue weighted by Gasteiger charge is -2.36. The Bertz CT molecular complexity index is 171. The van der Waals surface area contributed by atoms with Crippen LogP contribution in [0.4, 0.5) is 0 Å². The van der Waals surface area contributed by atoms with E-state index in [4.69, 9.17) is 0 Å². The van der Waals surface area contributed by atoms with Crippen molar-refractivity contribution < 1.29 is 0 Å². The minimum atomic E-state index is 1.01. The zero-order chi connectivity index (χ0) is 8.88. The molecule has 12 heavy (non-hydrogen) atoms. The largest absolute Gasteiger partial charge is 0.0651 e. The highest BCUT2D eigenvalue weighted by Crippen LogP contribution is 2.58. The molecule has 0 aliphatic heterocycles. The molecule has 2 aliphatic rings. The first-order valence-electron chi connectivity index (χ1n) is 5.66. The molecule has 2 bridgehead atoms. The molecule has 0 radical (unpaired) electrons. The summed E-state index contributed by atoms with van der Waals surface area (Å²) in [6, 6.07) is 0. The first-order valence-corrected chi connectivity index (χ1v) is 5.66. The van der Waals surface area contributed by atoms with Crippen LogP contribution in [0, 0.1) is 35.5 Å². The van der Waals surface area contributed by atoms with Crippen LogP contribution in [-0.2, 0) is 0 Å². The summed E-state index contributed by atoms with van der Waals surface area (Å²) in [5.74, 6) is 6.23. The van der Waals surface area contributed by atoms with Crippen LogP contribution in [0.3, 0.4) is 0 Å². The summed E-state index contributed by atoms with van der Waals surface area (Å²) in [5.41, 5.74) is 0. The maximum Gasteiger partial charge on any atom is -0.0352 e. The molecule has 2 aliphatic carbocycles. The van der Waals surface area contributed by atoms with Gasteiger partial charge >= 0.3 is 0 Å². The van der Waals surface area contributed by atoms with Crippen molar-refractivity contribution in [1.29, 1.82) is 0 Å². The fourth-order valence-electron chi connectivity index (χ4n) is 4.16. The van der Waals surface area contributed by atoms with Gasteiger partial charge in [-0.15, -0.1) is 0 Å². The number of hydrogen-bond acceptors (Lipinski definition) is 0. The van der Waals surface area contributed by atoms with Crippen LogP contribution in [0.25, 0.3) is 0 Å². The molecule has 0 saturated heterocycles. The third kappa shape index (κ3) is 0.900. The molecule has 0 spiro atoms. The molecule has 0 amide bonds. The predicted molar refractivity (Wildman–Crippen MR) is 52.9 cm³/mol. The Labute approximate surface area is 76.7 Å². The first kappa shape index (κ1) is 8.59. The summed E-state index contributed by atoms with van der Waals surface area (Å²) in [5, 5.41) is 0. The summed E-state index contributed by atoms with van der Waals surface area (Å²) in [4.78, 5) is 0. The normalized spacial score (nSPS) is 58.0. The second kappa shape index (κ2) is 2.75. The van der Waals surface area contributed by atoms with E-state index in [1.807, 2.05) is 0 Å². The van der Waals surface area contributed by atoms with Gasteiger partial charge in [0.1, 0.15) is 0 Å². The SMILES string of the molecule is CCC1C(C)C2CC1C(C)C2C. The highest BCUT2D eigenvalue weighted by molar-refractivity contribution is 5.00. The number of rotatable bonds is 1. The Morgan fingerprint density at radius 2 is 1.50 bits per heavy atom. The van der Waals surface area contributed by atoms with E-state index in [9.17, 15) is 0 Å². The highest BCUT2D eigenvalue weighted by atomic mass is 14.6. The quantitative estimate of drug-likeness (QED) is 0.558. The number of hydrogen-bond donors (Lipinski definition) is 0. The topological polar surface area (TPSA) is 0 Å². The maximum absolute atomic E-state index is 2.49. The van der Waals surface area contributed by atoms with E-state index >= 15 is 0 Å². The van der Waals surface area contributed by atoms with E-state index in [-0.39, 0.29) is 0 Å². The fourth-order valence-corrected chi connectivity index (χ4v) is 4.16. The summed E-state index contributed by atoms with van der Waals surface area (Å²) < 4.78 is 0. The second-order valence-corrected chi connectivity index (χ2v) is 5.21. The lowest BCUT2D eigenvalue weighted by atomic mass is 9.69. The molecule has 0 nitrogen and oxygen atoms in total. The molecule has 0 aromatic carbocycles. The molecule has 0 aromatic rings. The Balaban J connectivity index is 2.18. The third-order valence-corrected chi connectivity index (χ3v) is 5.10. The molecule has 0 aromatic heterocycles. The van der Waals surface area contributed by atoms with Gasteiger partial charge in [0.05, 0.1) is 0 Å². The van der Waals surface area contributed by atoms with Crippen LogP contribution in [0.2, 0.25) is 0 Å². The third-order valence-electron chi connectivity index (χ3n) is 5.10. The van der Waals surface area contributed by atoms with Crippen molar-refractivity contribution in [2.75, 3.05) is 0 Å². The molecule has 2 fully saturated rings. The predicted octanol–water partition coefficient (Wildman–Crippen LogP) is 3.57. The lowest BCUT2D eigenvalue weighted by Crippen LogP contribution is -2.30. The average molecular weight is 166 g/mol. The van der Waals surface area contributed by atoms with E-state index in [1.165, 1.54) is 6.42 Å². The van der Waals surface area contributed by atoms with Gasteiger partial charge in [-0.2, -0.15) is 0 Å². The van der Waals surface area contributed by atoms with Crippen LogP contribution in [0.15, 0.2) is 0 Å². The zero-order valence-corrected chi connectivity index (χ0v) is 8.88. The molecule has 6 unspecified atom stereocenters. The van der Waals surface area contributed by atoms with Crippen molar-refractivity contribution >= 4 is 0 Å². The van der Waals surface area contributed by atoms with Gasteiger partial charge in [0, 0.05) is 0 Å². The second-order valence-electron chi connectivity index (χ2n) is 5.21. The van der Waals surface area contributed by atoms with Crippen LogP contribution in [0.1, 0.15) is 40.5 Å². The molecular weight excluding hydrogens is 144 g/mol. The lowest BCUT2D eigenvalue weighted by molar-refractivity contribution is 0.125. The van der Waals surface area contributed by atoms with Crippen molar-refractivity contribution in [2.24, 2.45) is 35.5 Å². The van der Waals surface area contributed by atoms with Crippen LogP contribution in [0.5, 0.6) is 0 Å². The van der Waals surface area contributed by atoms with Crippen molar-refractivity contribution in [3.63, 3.8) is 0 Å². The van der Waals surface area contributed by atoms with Gasteiger partial charge in [-0.25, -0.2) is 0 Å². The van der Waals surface area contributed by atoms with Gasteiger partial charge in [-0.05, 0) is 41.9 Å². The van der Waals surface area contributed by atoms with Crippen LogP contribution in [-0.4, -0.2) is 0 Å². The molecule has 0 N–H and O–H groups in total. The summed E-state index contributed by atoms with van der Waals surface area (Å²) in [6.45, 7) is 9.81. The summed E-state index contributed by atoms with van der Waals surface area (Å²) in [7, 11) is 0. The Hall–Kier alpha value is 0. The Morgan fingerprint density at radius 3 is 2.00 bits per heavy atom. The van der Waals surface area contributed by atoms with Crippen LogP contribution < -0.4 is 0 Å². The van der Waals surface area contributed by atoms with Crippen molar-refractivity contribution in [2.45, 2.75) is 40.5 Å². The summed E-state index contributed by atoms with van der Waals surface area (Å²) in [6.07, 6.45) is 2.96. The maximum atomic E-state index is 2.49. The molecule has 0 heteroatoms. The van der Waals surface area contributed by atoms with Gasteiger partial charge in [-0.3, -0.25) is 0 Å². The minimum absolute atomic E-state index is 1.01. The van der Waals surface area contributed by atoms with Gasteiger partial charge < -0.3 is 0 Å². The first-order chi connectivity index (χ1) is 5.66. The van der Waals surface area contributed by atoms with Gasteiger partial charge in [-0.1, -0.05) is 34.1 Å². The van der Waals surface area contributed by atoms with Gasteiger partial charge in [0.15, 0.2) is 0 Å². The minimum Gasteiger partial charge on any atom is -0.0651 e.